The number of para-hydroxylation sites is 1. The minimum Gasteiger partial charge on any atom is -0.449 e. The van der Waals surface area contributed by atoms with Crippen LogP contribution in [0.3, 0.4) is 0 Å². The van der Waals surface area contributed by atoms with Crippen molar-refractivity contribution in [2.75, 3.05) is 38.0 Å². The summed E-state index contributed by atoms with van der Waals surface area (Å²) in [5, 5.41) is 3.69. The third kappa shape index (κ3) is 4.24. The first kappa shape index (κ1) is 20.2. The van der Waals surface area contributed by atoms with Crippen molar-refractivity contribution >= 4 is 28.5 Å². The highest BCUT2D eigenvalue weighted by molar-refractivity contribution is 6.11. The van der Waals surface area contributed by atoms with Crippen LogP contribution < -0.4 is 5.32 Å². The van der Waals surface area contributed by atoms with E-state index in [1.807, 2.05) is 55.5 Å². The Morgan fingerprint density at radius 3 is 2.53 bits per heavy atom. The SMILES string of the molecule is CCN1CCN(C(=O)c2oc3ccccc3c2NC(=O)Cc2cccc(C)c2)CC1. The van der Waals surface area contributed by atoms with E-state index in [-0.39, 0.29) is 24.0 Å². The van der Waals surface area contributed by atoms with E-state index in [0.717, 1.165) is 36.1 Å². The summed E-state index contributed by atoms with van der Waals surface area (Å²) < 4.78 is 5.92. The van der Waals surface area contributed by atoms with Crippen LogP contribution in [0.25, 0.3) is 11.0 Å². The van der Waals surface area contributed by atoms with Crippen LogP contribution in [-0.2, 0) is 11.2 Å². The molecule has 0 unspecified atom stereocenters. The van der Waals surface area contributed by atoms with Crippen molar-refractivity contribution in [3.63, 3.8) is 0 Å². The highest BCUT2D eigenvalue weighted by Crippen LogP contribution is 2.32. The fourth-order valence-electron chi connectivity index (χ4n) is 3.92. The third-order valence-electron chi connectivity index (χ3n) is 5.61. The molecule has 1 aromatic heterocycles. The maximum absolute atomic E-state index is 13.2. The summed E-state index contributed by atoms with van der Waals surface area (Å²) in [5.41, 5.74) is 3.10. The topological polar surface area (TPSA) is 65.8 Å². The Labute approximate surface area is 176 Å². The Kier molecular flexibility index (Phi) is 5.86. The number of likely N-dealkylation sites (N-methyl/N-ethyl adjacent to an activating group) is 1. The molecule has 1 fully saturated rings. The van der Waals surface area contributed by atoms with Crippen molar-refractivity contribution in [2.24, 2.45) is 0 Å². The van der Waals surface area contributed by atoms with E-state index in [1.54, 1.807) is 4.90 Å². The van der Waals surface area contributed by atoms with Gasteiger partial charge >= 0.3 is 0 Å². The third-order valence-corrected chi connectivity index (χ3v) is 5.61. The summed E-state index contributed by atoms with van der Waals surface area (Å²) in [6.07, 6.45) is 0.240. The zero-order chi connectivity index (χ0) is 21.1. The van der Waals surface area contributed by atoms with Gasteiger partial charge in [-0.15, -0.1) is 0 Å². The summed E-state index contributed by atoms with van der Waals surface area (Å²) in [6.45, 7) is 8.10. The molecule has 3 aromatic rings. The van der Waals surface area contributed by atoms with Crippen LogP contribution in [0.4, 0.5) is 5.69 Å². The Bertz CT molecular complexity index is 1060. The number of carbonyl (C=O) groups is 2. The molecule has 0 spiro atoms. The summed E-state index contributed by atoms with van der Waals surface area (Å²) in [7, 11) is 0. The van der Waals surface area contributed by atoms with Crippen LogP contribution in [0.5, 0.6) is 0 Å². The van der Waals surface area contributed by atoms with Crippen LogP contribution in [0.15, 0.2) is 52.9 Å². The monoisotopic (exact) mass is 405 g/mol. The normalized spacial score (nSPS) is 14.8. The molecule has 6 heteroatoms. The van der Waals surface area contributed by atoms with Gasteiger partial charge in [0.25, 0.3) is 5.91 Å². The van der Waals surface area contributed by atoms with Gasteiger partial charge in [0.1, 0.15) is 11.3 Å². The van der Waals surface area contributed by atoms with Crippen LogP contribution >= 0.6 is 0 Å². The van der Waals surface area contributed by atoms with E-state index in [9.17, 15) is 9.59 Å². The second-order valence-corrected chi connectivity index (χ2v) is 7.74. The lowest BCUT2D eigenvalue weighted by Crippen LogP contribution is -2.48. The van der Waals surface area contributed by atoms with Crippen LogP contribution in [0, 0.1) is 6.92 Å². The standard InChI is InChI=1S/C24H27N3O3/c1-3-26-11-13-27(14-12-26)24(29)23-22(19-9-4-5-10-20(19)30-23)25-21(28)16-18-8-6-7-17(2)15-18/h4-10,15H,3,11-14,16H2,1-2H3,(H,25,28). The molecular weight excluding hydrogens is 378 g/mol. The molecule has 2 amide bonds. The number of fused-ring (bicyclic) bond motifs is 1. The second kappa shape index (κ2) is 8.71. The number of amides is 2. The van der Waals surface area contributed by atoms with Gasteiger partial charge in [-0.1, -0.05) is 48.9 Å². The van der Waals surface area contributed by atoms with Gasteiger partial charge < -0.3 is 19.5 Å². The summed E-state index contributed by atoms with van der Waals surface area (Å²) in [6, 6.07) is 15.3. The largest absolute Gasteiger partial charge is 0.449 e. The maximum atomic E-state index is 13.2. The molecule has 6 nitrogen and oxygen atoms in total. The smallest absolute Gasteiger partial charge is 0.291 e. The Morgan fingerprint density at radius 1 is 1.03 bits per heavy atom. The number of benzene rings is 2. The summed E-state index contributed by atoms with van der Waals surface area (Å²) in [5.74, 6) is -0.136. The molecule has 0 bridgehead atoms. The summed E-state index contributed by atoms with van der Waals surface area (Å²) in [4.78, 5) is 30.1. The maximum Gasteiger partial charge on any atom is 0.291 e. The number of furan rings is 1. The number of aryl methyl sites for hydroxylation is 1. The fraction of sp³-hybridized carbons (Fsp3) is 0.333. The Morgan fingerprint density at radius 2 is 1.80 bits per heavy atom. The molecule has 156 valence electrons. The van der Waals surface area contributed by atoms with Gasteiger partial charge in [0.15, 0.2) is 0 Å². The highest BCUT2D eigenvalue weighted by Gasteiger charge is 2.28. The number of nitrogens with zero attached hydrogens (tertiary/aromatic N) is 2. The molecule has 0 radical (unpaired) electrons. The number of hydrogen-bond acceptors (Lipinski definition) is 4. The lowest BCUT2D eigenvalue weighted by Gasteiger charge is -2.33. The first-order valence-electron chi connectivity index (χ1n) is 10.4. The average Bonchev–Trinajstić information content (AvgIpc) is 3.11. The van der Waals surface area contributed by atoms with Gasteiger partial charge in [-0.05, 0) is 31.2 Å². The Hall–Kier alpha value is -3.12. The zero-order valence-corrected chi connectivity index (χ0v) is 17.5. The summed E-state index contributed by atoms with van der Waals surface area (Å²) >= 11 is 0. The number of nitrogens with one attached hydrogen (secondary N) is 1. The average molecular weight is 405 g/mol. The van der Waals surface area contributed by atoms with E-state index in [1.165, 1.54) is 0 Å². The molecular formula is C24H27N3O3. The van der Waals surface area contributed by atoms with Gasteiger partial charge in [-0.2, -0.15) is 0 Å². The predicted octanol–water partition coefficient (Wildman–Crippen LogP) is 3.70. The van der Waals surface area contributed by atoms with E-state index in [2.05, 4.69) is 17.1 Å². The molecule has 2 heterocycles. The molecule has 0 aliphatic carbocycles. The molecule has 2 aromatic carbocycles. The molecule has 1 N–H and O–H groups in total. The van der Waals surface area contributed by atoms with Crippen molar-refractivity contribution in [3.8, 4) is 0 Å². The Balaban J connectivity index is 1.59. The lowest BCUT2D eigenvalue weighted by molar-refractivity contribution is -0.115. The van der Waals surface area contributed by atoms with Gasteiger partial charge in [0.2, 0.25) is 11.7 Å². The van der Waals surface area contributed by atoms with Crippen molar-refractivity contribution in [1.82, 2.24) is 9.80 Å². The van der Waals surface area contributed by atoms with Gasteiger partial charge in [0, 0.05) is 31.6 Å². The first-order chi connectivity index (χ1) is 14.5. The van der Waals surface area contributed by atoms with Crippen LogP contribution in [0.1, 0.15) is 28.6 Å². The molecule has 1 aliphatic rings. The van der Waals surface area contributed by atoms with Crippen molar-refractivity contribution in [1.29, 1.82) is 0 Å². The second-order valence-electron chi connectivity index (χ2n) is 7.74. The minimum atomic E-state index is -0.173. The van der Waals surface area contributed by atoms with Crippen LogP contribution in [-0.4, -0.2) is 54.3 Å². The molecule has 1 saturated heterocycles. The van der Waals surface area contributed by atoms with E-state index in [4.69, 9.17) is 4.42 Å². The molecule has 0 atom stereocenters. The lowest BCUT2D eigenvalue weighted by atomic mass is 10.1. The minimum absolute atomic E-state index is 0.169. The van der Waals surface area contributed by atoms with Gasteiger partial charge in [-0.25, -0.2) is 0 Å². The molecule has 30 heavy (non-hydrogen) atoms. The highest BCUT2D eigenvalue weighted by atomic mass is 16.3. The van der Waals surface area contributed by atoms with Gasteiger partial charge in [0.05, 0.1) is 6.42 Å². The van der Waals surface area contributed by atoms with E-state index in [0.29, 0.717) is 24.4 Å². The quantitative estimate of drug-likeness (QED) is 0.703. The number of rotatable bonds is 5. The first-order valence-corrected chi connectivity index (χ1v) is 10.4. The number of carbonyl (C=O) groups excluding carboxylic acids is 2. The zero-order valence-electron chi connectivity index (χ0n) is 17.5. The molecule has 1 aliphatic heterocycles. The van der Waals surface area contributed by atoms with Crippen molar-refractivity contribution in [3.05, 3.63) is 65.4 Å². The van der Waals surface area contributed by atoms with E-state index < -0.39 is 0 Å². The number of hydrogen-bond donors (Lipinski definition) is 1. The predicted molar refractivity (Wildman–Crippen MR) is 118 cm³/mol. The van der Waals surface area contributed by atoms with E-state index >= 15 is 0 Å². The van der Waals surface area contributed by atoms with Gasteiger partial charge in [-0.3, -0.25) is 9.59 Å². The van der Waals surface area contributed by atoms with Crippen molar-refractivity contribution in [2.45, 2.75) is 20.3 Å². The fourth-order valence-corrected chi connectivity index (χ4v) is 3.92. The molecule has 0 saturated carbocycles. The number of anilines is 1. The van der Waals surface area contributed by atoms with Crippen LogP contribution in [0.2, 0.25) is 0 Å². The van der Waals surface area contributed by atoms with Crippen molar-refractivity contribution < 1.29 is 14.0 Å². The number of piperazine rings is 1. The molecule has 4 rings (SSSR count).